The minimum absolute atomic E-state index is 0.123. The highest BCUT2D eigenvalue weighted by Gasteiger charge is 2.26. The van der Waals surface area contributed by atoms with Crippen molar-refractivity contribution in [2.75, 3.05) is 0 Å². The Hall–Kier alpha value is -2.18. The lowest BCUT2D eigenvalue weighted by Crippen LogP contribution is -2.09. The molecule has 0 N–H and O–H groups in total. The van der Waals surface area contributed by atoms with E-state index in [1.807, 2.05) is 6.92 Å². The Morgan fingerprint density at radius 3 is 2.39 bits per heavy atom. The van der Waals surface area contributed by atoms with Crippen LogP contribution in [0, 0.1) is 6.92 Å². The van der Waals surface area contributed by atoms with E-state index in [1.54, 1.807) is 24.3 Å². The molecule has 1 aromatic heterocycles. The standard InChI is InChI=1S/C16H13ClN2O3S/c1-10-3-6-13(7-4-10)23(21,22)16-14-9-12(17)5-8-15(14)19(18-16)11(2)20/h3-9H,1-2H3. The van der Waals surface area contributed by atoms with Crippen LogP contribution in [0.4, 0.5) is 0 Å². The summed E-state index contributed by atoms with van der Waals surface area (Å²) in [5, 5.41) is 4.55. The van der Waals surface area contributed by atoms with Gasteiger partial charge in [-0.1, -0.05) is 29.3 Å². The third kappa shape index (κ3) is 2.64. The lowest BCUT2D eigenvalue weighted by atomic mass is 10.2. The summed E-state index contributed by atoms with van der Waals surface area (Å²) < 4.78 is 26.8. The Kier molecular flexibility index (Phi) is 3.74. The largest absolute Gasteiger partial charge is 0.273 e. The first-order chi connectivity index (χ1) is 10.8. The topological polar surface area (TPSA) is 69.0 Å². The molecule has 0 fully saturated rings. The fourth-order valence-corrected chi connectivity index (χ4v) is 3.86. The summed E-state index contributed by atoms with van der Waals surface area (Å²) in [6.07, 6.45) is 0. The number of benzene rings is 2. The molecule has 0 aliphatic carbocycles. The second-order valence-corrected chi connectivity index (χ2v) is 7.52. The zero-order valence-electron chi connectivity index (χ0n) is 12.4. The highest BCUT2D eigenvalue weighted by Crippen LogP contribution is 2.29. The predicted molar refractivity (Wildman–Crippen MR) is 87.7 cm³/mol. The maximum Gasteiger partial charge on any atom is 0.244 e. The number of aryl methyl sites for hydroxylation is 1. The van der Waals surface area contributed by atoms with E-state index in [1.165, 1.54) is 25.1 Å². The van der Waals surface area contributed by atoms with Crippen LogP contribution in [0.3, 0.4) is 0 Å². The van der Waals surface area contributed by atoms with Crippen molar-refractivity contribution in [2.24, 2.45) is 0 Å². The van der Waals surface area contributed by atoms with Crippen LogP contribution in [0.2, 0.25) is 5.02 Å². The molecule has 5 nitrogen and oxygen atoms in total. The van der Waals surface area contributed by atoms with Crippen molar-refractivity contribution in [3.05, 3.63) is 53.1 Å². The van der Waals surface area contributed by atoms with E-state index in [4.69, 9.17) is 11.6 Å². The van der Waals surface area contributed by atoms with Gasteiger partial charge in [0.1, 0.15) is 0 Å². The smallest absolute Gasteiger partial charge is 0.244 e. The van der Waals surface area contributed by atoms with Gasteiger partial charge < -0.3 is 0 Å². The highest BCUT2D eigenvalue weighted by atomic mass is 35.5. The zero-order valence-corrected chi connectivity index (χ0v) is 14.0. The van der Waals surface area contributed by atoms with Gasteiger partial charge in [-0.3, -0.25) is 4.79 Å². The number of hydrogen-bond acceptors (Lipinski definition) is 4. The number of nitrogens with zero attached hydrogens (tertiary/aromatic N) is 2. The maximum absolute atomic E-state index is 12.9. The number of hydrogen-bond donors (Lipinski definition) is 0. The average Bonchev–Trinajstić information content (AvgIpc) is 2.87. The Morgan fingerprint density at radius 1 is 1.13 bits per heavy atom. The van der Waals surface area contributed by atoms with Crippen LogP contribution in [-0.2, 0) is 9.84 Å². The van der Waals surface area contributed by atoms with E-state index >= 15 is 0 Å². The molecule has 3 rings (SSSR count). The molecule has 7 heteroatoms. The molecular formula is C16H13ClN2O3S. The van der Waals surface area contributed by atoms with Gasteiger partial charge in [0, 0.05) is 17.3 Å². The van der Waals surface area contributed by atoms with Crippen molar-refractivity contribution < 1.29 is 13.2 Å². The molecule has 1 heterocycles. The van der Waals surface area contributed by atoms with Gasteiger partial charge >= 0.3 is 0 Å². The fourth-order valence-electron chi connectivity index (χ4n) is 2.33. The van der Waals surface area contributed by atoms with Gasteiger partial charge in [-0.2, -0.15) is 9.78 Å². The van der Waals surface area contributed by atoms with E-state index in [0.29, 0.717) is 15.9 Å². The van der Waals surface area contributed by atoms with Crippen molar-refractivity contribution in [1.29, 1.82) is 0 Å². The minimum atomic E-state index is -3.85. The molecule has 0 amide bonds. The quantitative estimate of drug-likeness (QED) is 0.710. The molecule has 2 aromatic carbocycles. The summed E-state index contributed by atoms with van der Waals surface area (Å²) in [4.78, 5) is 11.9. The van der Waals surface area contributed by atoms with E-state index in [0.717, 1.165) is 10.2 Å². The molecule has 0 bridgehead atoms. The Balaban J connectivity index is 2.33. The van der Waals surface area contributed by atoms with Crippen molar-refractivity contribution in [1.82, 2.24) is 9.78 Å². The van der Waals surface area contributed by atoms with Crippen LogP contribution in [-0.4, -0.2) is 24.1 Å². The number of aromatic nitrogens is 2. The van der Waals surface area contributed by atoms with Crippen LogP contribution in [0.15, 0.2) is 52.4 Å². The number of rotatable bonds is 2. The SMILES string of the molecule is CC(=O)n1nc(S(=O)(=O)c2ccc(C)cc2)c2cc(Cl)ccc21. The third-order valence-corrected chi connectivity index (χ3v) is 5.43. The van der Waals surface area contributed by atoms with E-state index in [9.17, 15) is 13.2 Å². The van der Waals surface area contributed by atoms with Crippen molar-refractivity contribution in [3.63, 3.8) is 0 Å². The molecule has 0 atom stereocenters. The summed E-state index contributed by atoms with van der Waals surface area (Å²) in [6.45, 7) is 3.19. The van der Waals surface area contributed by atoms with Crippen LogP contribution in [0.1, 0.15) is 17.3 Å². The Labute approximate surface area is 138 Å². The number of fused-ring (bicyclic) bond motifs is 1. The lowest BCUT2D eigenvalue weighted by molar-refractivity contribution is 0.0925. The monoisotopic (exact) mass is 348 g/mol. The summed E-state index contributed by atoms with van der Waals surface area (Å²) in [7, 11) is -3.85. The van der Waals surface area contributed by atoms with Crippen LogP contribution < -0.4 is 0 Å². The highest BCUT2D eigenvalue weighted by molar-refractivity contribution is 7.91. The molecule has 0 aliphatic rings. The first kappa shape index (κ1) is 15.7. The van der Waals surface area contributed by atoms with Gasteiger partial charge in [0.15, 0.2) is 5.03 Å². The average molecular weight is 349 g/mol. The van der Waals surface area contributed by atoms with Crippen molar-refractivity contribution in [3.8, 4) is 0 Å². The van der Waals surface area contributed by atoms with Gasteiger partial charge in [-0.15, -0.1) is 0 Å². The summed E-state index contributed by atoms with van der Waals surface area (Å²) in [5.74, 6) is -0.373. The number of carbonyl (C=O) groups excluding carboxylic acids is 1. The predicted octanol–water partition coefficient (Wildman–Crippen LogP) is 3.49. The number of carbonyl (C=O) groups is 1. The zero-order chi connectivity index (χ0) is 16.8. The van der Waals surface area contributed by atoms with Gasteiger partial charge in [0.2, 0.25) is 15.7 Å². The first-order valence-corrected chi connectivity index (χ1v) is 8.68. The second-order valence-electron chi connectivity index (χ2n) is 5.21. The van der Waals surface area contributed by atoms with E-state index < -0.39 is 9.84 Å². The Morgan fingerprint density at radius 2 is 1.78 bits per heavy atom. The molecule has 3 aromatic rings. The van der Waals surface area contributed by atoms with E-state index in [2.05, 4.69) is 5.10 Å². The van der Waals surface area contributed by atoms with Crippen LogP contribution in [0.5, 0.6) is 0 Å². The summed E-state index contributed by atoms with van der Waals surface area (Å²) in [5.41, 5.74) is 1.36. The fraction of sp³-hybridized carbons (Fsp3) is 0.125. The molecule has 0 aliphatic heterocycles. The van der Waals surface area contributed by atoms with Crippen molar-refractivity contribution >= 4 is 38.2 Å². The van der Waals surface area contributed by atoms with Gasteiger partial charge in [-0.25, -0.2) is 8.42 Å². The Bertz CT molecular complexity index is 1020. The molecular weight excluding hydrogens is 336 g/mol. The molecule has 0 saturated heterocycles. The van der Waals surface area contributed by atoms with Gasteiger partial charge in [0.25, 0.3) is 0 Å². The second kappa shape index (κ2) is 5.47. The van der Waals surface area contributed by atoms with Gasteiger partial charge in [0.05, 0.1) is 10.4 Å². The lowest BCUT2D eigenvalue weighted by Gasteiger charge is -2.02. The molecule has 0 saturated carbocycles. The first-order valence-electron chi connectivity index (χ1n) is 6.81. The van der Waals surface area contributed by atoms with Gasteiger partial charge in [-0.05, 0) is 37.3 Å². The summed E-state index contributed by atoms with van der Waals surface area (Å²) >= 11 is 5.98. The van der Waals surface area contributed by atoms with Crippen LogP contribution >= 0.6 is 11.6 Å². The van der Waals surface area contributed by atoms with Crippen molar-refractivity contribution in [2.45, 2.75) is 23.8 Å². The maximum atomic E-state index is 12.9. The molecule has 23 heavy (non-hydrogen) atoms. The summed E-state index contributed by atoms with van der Waals surface area (Å²) in [6, 6.07) is 11.1. The molecule has 0 radical (unpaired) electrons. The molecule has 0 spiro atoms. The minimum Gasteiger partial charge on any atom is -0.273 e. The molecule has 0 unspecified atom stereocenters. The number of sulfone groups is 1. The number of halogens is 1. The molecule has 118 valence electrons. The third-order valence-electron chi connectivity index (χ3n) is 3.49. The normalized spacial score (nSPS) is 11.8. The van der Waals surface area contributed by atoms with E-state index in [-0.39, 0.29) is 15.8 Å². The van der Waals surface area contributed by atoms with Crippen LogP contribution in [0.25, 0.3) is 10.9 Å².